The molecule has 2 aromatic carbocycles. The molecule has 7 nitrogen and oxygen atoms in total. The van der Waals surface area contributed by atoms with Crippen LogP contribution in [0, 0.1) is 0 Å². The number of rotatable bonds is 5. The van der Waals surface area contributed by atoms with Gasteiger partial charge in [-0.1, -0.05) is 55.3 Å². The molecule has 2 aliphatic rings. The quantitative estimate of drug-likeness (QED) is 0.539. The second-order valence-electron chi connectivity index (χ2n) is 9.54. The predicted octanol–water partition coefficient (Wildman–Crippen LogP) is 3.93. The molecule has 5 rings (SSSR count). The highest BCUT2D eigenvalue weighted by Gasteiger charge is 2.42. The molecule has 4 atom stereocenters. The summed E-state index contributed by atoms with van der Waals surface area (Å²) >= 11 is 0. The Labute approximate surface area is 200 Å². The molecule has 7 heteroatoms. The third-order valence-electron chi connectivity index (χ3n) is 7.41. The Morgan fingerprint density at radius 2 is 1.85 bits per heavy atom. The molecule has 2 amide bonds. The third-order valence-corrected chi connectivity index (χ3v) is 7.41. The van der Waals surface area contributed by atoms with Gasteiger partial charge in [0.15, 0.2) is 0 Å². The lowest BCUT2D eigenvalue weighted by Crippen LogP contribution is -2.54. The zero-order valence-electron chi connectivity index (χ0n) is 19.9. The summed E-state index contributed by atoms with van der Waals surface area (Å²) in [6.45, 7) is 1.81. The molecule has 3 N–H and O–H groups in total. The summed E-state index contributed by atoms with van der Waals surface area (Å²) < 4.78 is 0. The van der Waals surface area contributed by atoms with Crippen LogP contribution in [0.15, 0.2) is 48.5 Å². The first-order valence-electron chi connectivity index (χ1n) is 12.4. The number of aromatic nitrogens is 2. The number of hydrogen-bond donors (Lipinski definition) is 3. The van der Waals surface area contributed by atoms with Crippen molar-refractivity contribution in [1.29, 1.82) is 0 Å². The fraction of sp³-hybridized carbons (Fsp3) is 0.444. The summed E-state index contributed by atoms with van der Waals surface area (Å²) in [4.78, 5) is 36.9. The van der Waals surface area contributed by atoms with E-state index in [0.717, 1.165) is 60.1 Å². The lowest BCUT2D eigenvalue weighted by atomic mass is 9.98. The Morgan fingerprint density at radius 3 is 2.65 bits per heavy atom. The minimum atomic E-state index is -0.490. The van der Waals surface area contributed by atoms with Gasteiger partial charge in [0.1, 0.15) is 11.9 Å². The Balaban J connectivity index is 1.47. The molecule has 34 heavy (non-hydrogen) atoms. The SMILES string of the molecule is CN[C@@H](C)C(=O)N[C@H]1CCCC[C@H]2CC[C@@H](c3nc4c(-c5ccccc5)cccc4[nH]3)N2C1=O. The molecule has 2 fully saturated rings. The monoisotopic (exact) mass is 459 g/mol. The molecule has 0 aliphatic carbocycles. The average molecular weight is 460 g/mol. The van der Waals surface area contributed by atoms with E-state index in [1.807, 2.05) is 42.2 Å². The molecule has 178 valence electrons. The summed E-state index contributed by atoms with van der Waals surface area (Å²) in [5.74, 6) is 0.723. The van der Waals surface area contributed by atoms with Crippen LogP contribution in [0.3, 0.4) is 0 Å². The summed E-state index contributed by atoms with van der Waals surface area (Å²) in [5, 5.41) is 5.97. The number of likely N-dealkylation sites (N-methyl/N-ethyl adjacent to an activating group) is 1. The Hall–Kier alpha value is -3.19. The van der Waals surface area contributed by atoms with Crippen LogP contribution in [0.1, 0.15) is 57.3 Å². The minimum absolute atomic E-state index is 0.0209. The number of carbonyl (C=O) groups excluding carboxylic acids is 2. The first-order valence-corrected chi connectivity index (χ1v) is 12.4. The van der Waals surface area contributed by atoms with Crippen LogP contribution >= 0.6 is 0 Å². The van der Waals surface area contributed by atoms with E-state index in [1.165, 1.54) is 0 Å². The normalized spacial score (nSPS) is 23.9. The van der Waals surface area contributed by atoms with Gasteiger partial charge in [0, 0.05) is 11.6 Å². The van der Waals surface area contributed by atoms with Crippen molar-refractivity contribution in [3.05, 3.63) is 54.4 Å². The second-order valence-corrected chi connectivity index (χ2v) is 9.54. The Kier molecular flexibility index (Phi) is 6.37. The number of nitrogens with zero attached hydrogens (tertiary/aromatic N) is 2. The number of imidazole rings is 1. The zero-order valence-corrected chi connectivity index (χ0v) is 19.9. The summed E-state index contributed by atoms with van der Waals surface area (Å²) in [6.07, 6.45) is 5.54. The van der Waals surface area contributed by atoms with Crippen molar-refractivity contribution in [2.45, 2.75) is 69.6 Å². The molecule has 3 aromatic rings. The van der Waals surface area contributed by atoms with E-state index in [-0.39, 0.29) is 29.9 Å². The van der Waals surface area contributed by atoms with Crippen molar-refractivity contribution >= 4 is 22.8 Å². The molecule has 0 bridgehead atoms. The van der Waals surface area contributed by atoms with Crippen LogP contribution in [0.2, 0.25) is 0 Å². The van der Waals surface area contributed by atoms with E-state index >= 15 is 0 Å². The largest absolute Gasteiger partial charge is 0.343 e. The van der Waals surface area contributed by atoms with E-state index in [9.17, 15) is 9.59 Å². The lowest BCUT2D eigenvalue weighted by molar-refractivity contribution is -0.140. The topological polar surface area (TPSA) is 90.1 Å². The van der Waals surface area contributed by atoms with Crippen molar-refractivity contribution in [3.8, 4) is 11.1 Å². The van der Waals surface area contributed by atoms with E-state index in [0.29, 0.717) is 6.42 Å². The smallest absolute Gasteiger partial charge is 0.246 e. The van der Waals surface area contributed by atoms with Gasteiger partial charge in [-0.15, -0.1) is 0 Å². The molecule has 0 spiro atoms. The van der Waals surface area contributed by atoms with Gasteiger partial charge in [0.25, 0.3) is 0 Å². The maximum atomic E-state index is 13.8. The number of amides is 2. The van der Waals surface area contributed by atoms with Crippen LogP contribution in [0.4, 0.5) is 0 Å². The molecule has 0 unspecified atom stereocenters. The van der Waals surface area contributed by atoms with Crippen molar-refractivity contribution in [3.63, 3.8) is 0 Å². The molecule has 2 aliphatic heterocycles. The van der Waals surface area contributed by atoms with Gasteiger partial charge in [0.05, 0.1) is 23.1 Å². The van der Waals surface area contributed by atoms with Crippen molar-refractivity contribution in [1.82, 2.24) is 25.5 Å². The standard InChI is InChI=1S/C27H33N5O2/c1-17(28-2)26(33)30-22-13-7-6-11-19-15-16-23(32(19)27(22)34)25-29-21-14-8-12-20(24(21)31-25)18-9-4-3-5-10-18/h3-5,8-10,12,14,17,19,22-23,28H,6-7,11,13,15-16H2,1-2H3,(H,29,31)(H,30,33)/t17-,19-,22-,23-/m0/s1. The number of benzene rings is 2. The summed E-state index contributed by atoms with van der Waals surface area (Å²) in [5.41, 5.74) is 4.12. The first-order chi connectivity index (χ1) is 16.6. The summed E-state index contributed by atoms with van der Waals surface area (Å²) in [7, 11) is 1.75. The van der Waals surface area contributed by atoms with Gasteiger partial charge < -0.3 is 20.5 Å². The molecule has 3 heterocycles. The maximum absolute atomic E-state index is 13.8. The van der Waals surface area contributed by atoms with Gasteiger partial charge in [0.2, 0.25) is 11.8 Å². The number of aromatic amines is 1. The number of H-pyrrole nitrogens is 1. The van der Waals surface area contributed by atoms with E-state index in [4.69, 9.17) is 4.98 Å². The fourth-order valence-corrected chi connectivity index (χ4v) is 5.42. The average Bonchev–Trinajstić information content (AvgIpc) is 3.48. The van der Waals surface area contributed by atoms with Crippen LogP contribution in [-0.2, 0) is 9.59 Å². The van der Waals surface area contributed by atoms with E-state index in [1.54, 1.807) is 7.05 Å². The van der Waals surface area contributed by atoms with Gasteiger partial charge in [-0.05, 0) is 51.3 Å². The molecule has 1 aromatic heterocycles. The molecule has 2 saturated heterocycles. The predicted molar refractivity (Wildman–Crippen MR) is 133 cm³/mol. The van der Waals surface area contributed by atoms with Crippen LogP contribution in [0.5, 0.6) is 0 Å². The second kappa shape index (κ2) is 9.58. The van der Waals surface area contributed by atoms with Crippen molar-refractivity contribution < 1.29 is 9.59 Å². The highest BCUT2D eigenvalue weighted by Crippen LogP contribution is 2.40. The Bertz CT molecular complexity index is 1170. The van der Waals surface area contributed by atoms with E-state index < -0.39 is 6.04 Å². The first kappa shape index (κ1) is 22.6. The molecule has 0 saturated carbocycles. The lowest BCUT2D eigenvalue weighted by Gasteiger charge is -2.35. The molecular formula is C27H33N5O2. The van der Waals surface area contributed by atoms with Crippen molar-refractivity contribution in [2.24, 2.45) is 0 Å². The van der Waals surface area contributed by atoms with Gasteiger partial charge in [-0.25, -0.2) is 4.98 Å². The van der Waals surface area contributed by atoms with Crippen LogP contribution in [0.25, 0.3) is 22.2 Å². The van der Waals surface area contributed by atoms with Crippen LogP contribution < -0.4 is 10.6 Å². The maximum Gasteiger partial charge on any atom is 0.246 e. The fourth-order valence-electron chi connectivity index (χ4n) is 5.42. The third kappa shape index (κ3) is 4.20. The number of carbonyl (C=O) groups is 2. The number of fused-ring (bicyclic) bond motifs is 2. The van der Waals surface area contributed by atoms with Crippen LogP contribution in [-0.4, -0.2) is 51.9 Å². The highest BCUT2D eigenvalue weighted by atomic mass is 16.2. The van der Waals surface area contributed by atoms with Gasteiger partial charge >= 0.3 is 0 Å². The minimum Gasteiger partial charge on any atom is -0.343 e. The van der Waals surface area contributed by atoms with Crippen molar-refractivity contribution in [2.75, 3.05) is 7.05 Å². The van der Waals surface area contributed by atoms with E-state index in [2.05, 4.69) is 33.8 Å². The number of nitrogens with one attached hydrogen (secondary N) is 3. The zero-order chi connectivity index (χ0) is 23.7. The van der Waals surface area contributed by atoms with Gasteiger partial charge in [-0.2, -0.15) is 0 Å². The number of para-hydroxylation sites is 1. The molecular weight excluding hydrogens is 426 g/mol. The highest BCUT2D eigenvalue weighted by molar-refractivity contribution is 5.92. The summed E-state index contributed by atoms with van der Waals surface area (Å²) in [6, 6.07) is 15.7. The molecule has 0 radical (unpaired) electrons. The van der Waals surface area contributed by atoms with Gasteiger partial charge in [-0.3, -0.25) is 9.59 Å². The number of hydrogen-bond acceptors (Lipinski definition) is 4. The Morgan fingerprint density at radius 1 is 1.06 bits per heavy atom.